The van der Waals surface area contributed by atoms with Crippen LogP contribution < -0.4 is 0 Å². The molecule has 0 aliphatic carbocycles. The summed E-state index contributed by atoms with van der Waals surface area (Å²) in [5.41, 5.74) is 2.01. The van der Waals surface area contributed by atoms with E-state index in [4.69, 9.17) is 11.6 Å². The Balaban J connectivity index is 2.70. The molecule has 4 nitrogen and oxygen atoms in total. The van der Waals surface area contributed by atoms with E-state index in [1.807, 2.05) is 13.8 Å². The van der Waals surface area contributed by atoms with Crippen LogP contribution >= 0.6 is 11.6 Å². The largest absolute Gasteiger partial charge is 0.306 e. The third-order valence-electron chi connectivity index (χ3n) is 2.80. The summed E-state index contributed by atoms with van der Waals surface area (Å²) < 4.78 is 28.5. The number of fused-ring (bicyclic) bond motifs is 1. The van der Waals surface area contributed by atoms with E-state index in [2.05, 4.69) is 10.1 Å². The van der Waals surface area contributed by atoms with Gasteiger partial charge in [0.05, 0.1) is 17.6 Å². The molecule has 1 atom stereocenters. The number of hydrogen-bond donors (Lipinski definition) is 0. The summed E-state index contributed by atoms with van der Waals surface area (Å²) in [5, 5.41) is 3.87. The number of nitrogens with zero attached hydrogens (tertiary/aromatic N) is 4. The van der Waals surface area contributed by atoms with Gasteiger partial charge < -0.3 is 4.57 Å². The molecule has 0 saturated heterocycles. The Morgan fingerprint density at radius 2 is 2.06 bits per heavy atom. The molecule has 2 heterocycles. The molecule has 0 aromatic carbocycles. The Morgan fingerprint density at radius 1 is 1.39 bits per heavy atom. The van der Waals surface area contributed by atoms with Gasteiger partial charge in [-0.25, -0.2) is 18.4 Å². The van der Waals surface area contributed by atoms with Gasteiger partial charge in [0.15, 0.2) is 5.65 Å². The molecule has 0 saturated carbocycles. The summed E-state index contributed by atoms with van der Waals surface area (Å²) in [7, 11) is 0. The lowest BCUT2D eigenvalue weighted by Crippen LogP contribution is -2.13. The standard InChI is InChI=1S/C11H15ClF2N4/c1-4-18-11-9(7(3)16-18)15-10(6(2)12)17(11)5-8(13)14/h6,8H,4-5H2,1-3H3. The normalized spacial score (nSPS) is 13.7. The van der Waals surface area contributed by atoms with Crippen molar-refractivity contribution < 1.29 is 8.78 Å². The van der Waals surface area contributed by atoms with Gasteiger partial charge in [-0.3, -0.25) is 0 Å². The van der Waals surface area contributed by atoms with Crippen molar-refractivity contribution in [2.45, 2.75) is 45.7 Å². The van der Waals surface area contributed by atoms with Gasteiger partial charge in [0, 0.05) is 6.54 Å². The van der Waals surface area contributed by atoms with Crippen molar-refractivity contribution in [2.75, 3.05) is 0 Å². The van der Waals surface area contributed by atoms with E-state index in [0.717, 1.165) is 5.69 Å². The lowest BCUT2D eigenvalue weighted by molar-refractivity contribution is 0.126. The third kappa shape index (κ3) is 2.09. The number of imidazole rings is 1. The van der Waals surface area contributed by atoms with Gasteiger partial charge in [0.25, 0.3) is 6.43 Å². The number of rotatable bonds is 4. The monoisotopic (exact) mass is 276 g/mol. The summed E-state index contributed by atoms with van der Waals surface area (Å²) in [6.45, 7) is 5.65. The van der Waals surface area contributed by atoms with Crippen LogP contribution in [0.4, 0.5) is 8.78 Å². The average Bonchev–Trinajstić information content (AvgIpc) is 2.78. The van der Waals surface area contributed by atoms with Crippen LogP contribution in [0, 0.1) is 6.92 Å². The minimum absolute atomic E-state index is 0.409. The van der Waals surface area contributed by atoms with Gasteiger partial charge in [0.1, 0.15) is 11.3 Å². The maximum Gasteiger partial charge on any atom is 0.256 e. The first-order valence-corrected chi connectivity index (χ1v) is 6.25. The van der Waals surface area contributed by atoms with Crippen molar-refractivity contribution in [3.8, 4) is 0 Å². The fraction of sp³-hybridized carbons (Fsp3) is 0.636. The maximum absolute atomic E-state index is 12.7. The van der Waals surface area contributed by atoms with Gasteiger partial charge in [-0.2, -0.15) is 5.10 Å². The second-order valence-corrected chi connectivity index (χ2v) is 4.82. The molecule has 100 valence electrons. The summed E-state index contributed by atoms with van der Waals surface area (Å²) in [5.74, 6) is 0.467. The van der Waals surface area contributed by atoms with Crippen molar-refractivity contribution in [2.24, 2.45) is 0 Å². The van der Waals surface area contributed by atoms with Crippen molar-refractivity contribution in [1.82, 2.24) is 19.3 Å². The Morgan fingerprint density at radius 3 is 2.56 bits per heavy atom. The van der Waals surface area contributed by atoms with Crippen LogP contribution in [-0.4, -0.2) is 25.8 Å². The molecule has 2 rings (SSSR count). The summed E-state index contributed by atoms with van der Waals surface area (Å²) in [4.78, 5) is 4.35. The molecule has 2 aromatic rings. The zero-order chi connectivity index (χ0) is 13.4. The quantitative estimate of drug-likeness (QED) is 0.805. The molecule has 0 spiro atoms. The van der Waals surface area contributed by atoms with Crippen LogP contribution in [0.2, 0.25) is 0 Å². The number of aryl methyl sites for hydroxylation is 2. The van der Waals surface area contributed by atoms with Gasteiger partial charge in [-0.05, 0) is 20.8 Å². The fourth-order valence-corrected chi connectivity index (χ4v) is 2.25. The number of hydrogen-bond acceptors (Lipinski definition) is 2. The molecule has 7 heteroatoms. The minimum Gasteiger partial charge on any atom is -0.306 e. The molecule has 0 aliphatic rings. The maximum atomic E-state index is 12.7. The molecular weight excluding hydrogens is 262 g/mol. The lowest BCUT2D eigenvalue weighted by Gasteiger charge is -2.10. The second-order valence-electron chi connectivity index (χ2n) is 4.16. The molecule has 0 aliphatic heterocycles. The minimum atomic E-state index is -2.45. The SMILES string of the molecule is CCn1nc(C)c2nc(C(C)Cl)n(CC(F)F)c21. The summed E-state index contributed by atoms with van der Waals surface area (Å²) in [6.07, 6.45) is -2.45. The average molecular weight is 277 g/mol. The van der Waals surface area contributed by atoms with Gasteiger partial charge >= 0.3 is 0 Å². The number of halogens is 3. The van der Waals surface area contributed by atoms with E-state index in [0.29, 0.717) is 23.5 Å². The Hall–Kier alpha value is -1.17. The third-order valence-corrected chi connectivity index (χ3v) is 3.00. The zero-order valence-electron chi connectivity index (χ0n) is 10.5. The lowest BCUT2D eigenvalue weighted by atomic mass is 10.4. The molecule has 18 heavy (non-hydrogen) atoms. The molecule has 2 aromatic heterocycles. The molecule has 0 radical (unpaired) electrons. The highest BCUT2D eigenvalue weighted by Gasteiger charge is 2.22. The zero-order valence-corrected chi connectivity index (χ0v) is 11.2. The van der Waals surface area contributed by atoms with Gasteiger partial charge in [-0.1, -0.05) is 0 Å². The van der Waals surface area contributed by atoms with E-state index >= 15 is 0 Å². The number of alkyl halides is 3. The first kappa shape index (κ1) is 13.3. The summed E-state index contributed by atoms with van der Waals surface area (Å²) >= 11 is 6.01. The molecule has 0 amide bonds. The van der Waals surface area contributed by atoms with Crippen molar-refractivity contribution in [3.63, 3.8) is 0 Å². The Bertz CT molecular complexity index is 559. The van der Waals surface area contributed by atoms with E-state index in [1.54, 1.807) is 11.6 Å². The first-order valence-electron chi connectivity index (χ1n) is 5.81. The van der Waals surface area contributed by atoms with Crippen molar-refractivity contribution in [1.29, 1.82) is 0 Å². The molecule has 0 N–H and O–H groups in total. The van der Waals surface area contributed by atoms with Gasteiger partial charge in [-0.15, -0.1) is 11.6 Å². The van der Waals surface area contributed by atoms with Crippen LogP contribution in [0.15, 0.2) is 0 Å². The topological polar surface area (TPSA) is 35.6 Å². The Labute approximate surface area is 109 Å². The van der Waals surface area contributed by atoms with Crippen LogP contribution in [0.5, 0.6) is 0 Å². The molecule has 1 unspecified atom stereocenters. The van der Waals surface area contributed by atoms with E-state index in [1.165, 1.54) is 4.57 Å². The van der Waals surface area contributed by atoms with Gasteiger partial charge in [0.2, 0.25) is 0 Å². The van der Waals surface area contributed by atoms with Crippen LogP contribution in [-0.2, 0) is 13.1 Å². The fourth-order valence-electron chi connectivity index (χ4n) is 2.08. The van der Waals surface area contributed by atoms with Crippen LogP contribution in [0.1, 0.15) is 30.7 Å². The first-order chi connectivity index (χ1) is 8.45. The van der Waals surface area contributed by atoms with Crippen LogP contribution in [0.25, 0.3) is 11.2 Å². The molecule has 0 fully saturated rings. The highest BCUT2D eigenvalue weighted by atomic mass is 35.5. The highest BCUT2D eigenvalue weighted by molar-refractivity contribution is 6.20. The van der Waals surface area contributed by atoms with Crippen LogP contribution in [0.3, 0.4) is 0 Å². The smallest absolute Gasteiger partial charge is 0.256 e. The predicted octanol–water partition coefficient (Wildman–Crippen LogP) is 3.13. The molecular formula is C11H15ClF2N4. The predicted molar refractivity (Wildman–Crippen MR) is 66.2 cm³/mol. The summed E-state index contributed by atoms with van der Waals surface area (Å²) in [6, 6.07) is 0. The molecule has 0 bridgehead atoms. The van der Waals surface area contributed by atoms with Crippen molar-refractivity contribution >= 4 is 22.8 Å². The highest BCUT2D eigenvalue weighted by Crippen LogP contribution is 2.27. The van der Waals surface area contributed by atoms with E-state index < -0.39 is 18.3 Å². The van der Waals surface area contributed by atoms with E-state index in [9.17, 15) is 8.78 Å². The van der Waals surface area contributed by atoms with E-state index in [-0.39, 0.29) is 0 Å². The van der Waals surface area contributed by atoms with Crippen molar-refractivity contribution in [3.05, 3.63) is 11.5 Å². The Kier molecular flexibility index (Phi) is 3.56. The number of aromatic nitrogens is 4. The second kappa shape index (κ2) is 4.84.